The first kappa shape index (κ1) is 13.5. The Bertz CT molecular complexity index is 505. The van der Waals surface area contributed by atoms with E-state index in [1.54, 1.807) is 22.6 Å². The van der Waals surface area contributed by atoms with Crippen molar-refractivity contribution in [1.82, 2.24) is 0 Å². The minimum Gasteiger partial charge on any atom is -0.379 e. The monoisotopic (exact) mass is 364 g/mol. The van der Waals surface area contributed by atoms with Gasteiger partial charge in [0.05, 0.1) is 8.49 Å². The summed E-state index contributed by atoms with van der Waals surface area (Å²) in [6.07, 6.45) is 1.10. The molecule has 1 atom stereocenters. The first-order valence-corrected chi connectivity index (χ1v) is 6.76. The zero-order valence-corrected chi connectivity index (χ0v) is 12.3. The Kier molecular flexibility index (Phi) is 3.48. The number of nitro benzene ring substituents is 1. The van der Waals surface area contributed by atoms with E-state index < -0.39 is 10.7 Å². The number of benzene rings is 1. The topological polar surface area (TPSA) is 55.2 Å². The summed E-state index contributed by atoms with van der Waals surface area (Å²) >= 11 is 1.75. The lowest BCUT2D eigenvalue weighted by atomic mass is 10.1. The Morgan fingerprint density at radius 1 is 1.61 bits per heavy atom. The Labute approximate surface area is 118 Å². The van der Waals surface area contributed by atoms with E-state index in [0.29, 0.717) is 17.9 Å². The largest absolute Gasteiger partial charge is 0.379 e. The van der Waals surface area contributed by atoms with Gasteiger partial charge in [-0.1, -0.05) is 13.8 Å². The van der Waals surface area contributed by atoms with Gasteiger partial charge in [-0.05, 0) is 40.3 Å². The van der Waals surface area contributed by atoms with Gasteiger partial charge in [-0.2, -0.15) is 0 Å². The molecule has 6 heteroatoms. The van der Waals surface area contributed by atoms with Gasteiger partial charge in [-0.25, -0.2) is 4.39 Å². The number of nitrogens with zero attached hydrogens (tertiary/aromatic N) is 1. The van der Waals surface area contributed by atoms with Gasteiger partial charge in [-0.3, -0.25) is 10.1 Å². The van der Waals surface area contributed by atoms with Gasteiger partial charge in [-0.15, -0.1) is 0 Å². The van der Waals surface area contributed by atoms with Gasteiger partial charge >= 0.3 is 0 Å². The number of rotatable bonds is 4. The van der Waals surface area contributed by atoms with Crippen molar-refractivity contribution in [3.63, 3.8) is 0 Å². The van der Waals surface area contributed by atoms with Gasteiger partial charge in [0.25, 0.3) is 5.69 Å². The third-order valence-corrected chi connectivity index (χ3v) is 4.32. The summed E-state index contributed by atoms with van der Waals surface area (Å²) in [5, 5.41) is 13.9. The lowest BCUT2D eigenvalue weighted by molar-refractivity contribution is -0.384. The predicted octanol–water partition coefficient (Wildman–Crippen LogP) is 3.80. The third-order valence-electron chi connectivity index (χ3n) is 3.49. The van der Waals surface area contributed by atoms with Gasteiger partial charge < -0.3 is 5.32 Å². The average molecular weight is 364 g/mol. The van der Waals surface area contributed by atoms with Crippen LogP contribution in [-0.2, 0) is 0 Å². The van der Waals surface area contributed by atoms with Crippen LogP contribution in [0.1, 0.15) is 20.3 Å². The molecule has 0 amide bonds. The Balaban J connectivity index is 2.16. The highest BCUT2D eigenvalue weighted by atomic mass is 127. The molecule has 0 saturated heterocycles. The lowest BCUT2D eigenvalue weighted by Gasteiger charge is -2.09. The van der Waals surface area contributed by atoms with Crippen molar-refractivity contribution < 1.29 is 9.31 Å². The maximum atomic E-state index is 13.4. The fraction of sp³-hybridized carbons (Fsp3) is 0.500. The molecule has 0 aliphatic heterocycles. The quantitative estimate of drug-likeness (QED) is 0.502. The van der Waals surface area contributed by atoms with E-state index in [1.807, 2.05) is 0 Å². The molecule has 1 unspecified atom stereocenters. The molecule has 4 nitrogen and oxygen atoms in total. The smallest absolute Gasteiger partial charge is 0.293 e. The molecule has 1 aliphatic carbocycles. The summed E-state index contributed by atoms with van der Waals surface area (Å²) in [6, 6.07) is 2.46. The lowest BCUT2D eigenvalue weighted by Crippen LogP contribution is -2.09. The van der Waals surface area contributed by atoms with Gasteiger partial charge in [0, 0.05) is 18.7 Å². The minimum atomic E-state index is -0.484. The summed E-state index contributed by atoms with van der Waals surface area (Å²) < 4.78 is 13.7. The molecule has 0 aromatic heterocycles. The van der Waals surface area contributed by atoms with Crippen LogP contribution >= 0.6 is 22.6 Å². The maximum absolute atomic E-state index is 13.4. The summed E-state index contributed by atoms with van der Waals surface area (Å²) in [5.41, 5.74) is 0.489. The van der Waals surface area contributed by atoms with E-state index in [2.05, 4.69) is 19.2 Å². The molecule has 1 fully saturated rings. The van der Waals surface area contributed by atoms with Crippen LogP contribution in [0, 0.1) is 30.8 Å². The number of anilines is 1. The molecule has 0 radical (unpaired) electrons. The molecule has 1 N–H and O–H groups in total. The van der Waals surface area contributed by atoms with Gasteiger partial charge in [0.2, 0.25) is 0 Å². The van der Waals surface area contributed by atoms with Crippen molar-refractivity contribution in [3.05, 3.63) is 31.6 Å². The van der Waals surface area contributed by atoms with Crippen molar-refractivity contribution in [2.75, 3.05) is 11.9 Å². The number of halogens is 2. The van der Waals surface area contributed by atoms with E-state index in [0.717, 1.165) is 6.42 Å². The average Bonchev–Trinajstić information content (AvgIpc) is 2.87. The van der Waals surface area contributed by atoms with Crippen molar-refractivity contribution in [3.8, 4) is 0 Å². The predicted molar refractivity (Wildman–Crippen MR) is 76.1 cm³/mol. The van der Waals surface area contributed by atoms with Crippen LogP contribution in [0.4, 0.5) is 15.8 Å². The van der Waals surface area contributed by atoms with Crippen molar-refractivity contribution in [1.29, 1.82) is 0 Å². The Morgan fingerprint density at radius 3 is 2.72 bits per heavy atom. The van der Waals surface area contributed by atoms with Gasteiger partial charge in [0.1, 0.15) is 11.5 Å². The van der Waals surface area contributed by atoms with E-state index in [-0.39, 0.29) is 14.9 Å². The number of nitro groups is 1. The van der Waals surface area contributed by atoms with Crippen LogP contribution in [0.3, 0.4) is 0 Å². The van der Waals surface area contributed by atoms with Crippen molar-refractivity contribution >= 4 is 34.0 Å². The van der Waals surface area contributed by atoms with Crippen LogP contribution in [0.15, 0.2) is 12.1 Å². The van der Waals surface area contributed by atoms with Crippen molar-refractivity contribution in [2.24, 2.45) is 11.3 Å². The first-order chi connectivity index (χ1) is 8.31. The van der Waals surface area contributed by atoms with Crippen molar-refractivity contribution in [2.45, 2.75) is 20.3 Å². The maximum Gasteiger partial charge on any atom is 0.293 e. The molecule has 1 aromatic rings. The number of hydrogen-bond acceptors (Lipinski definition) is 3. The Morgan fingerprint density at radius 2 is 2.22 bits per heavy atom. The highest BCUT2D eigenvalue weighted by Crippen LogP contribution is 2.51. The summed E-state index contributed by atoms with van der Waals surface area (Å²) in [7, 11) is 0. The third kappa shape index (κ3) is 2.73. The Hall–Kier alpha value is -0.920. The zero-order chi connectivity index (χ0) is 13.5. The first-order valence-electron chi connectivity index (χ1n) is 5.68. The summed E-state index contributed by atoms with van der Waals surface area (Å²) in [4.78, 5) is 10.4. The van der Waals surface area contributed by atoms with Crippen LogP contribution in [0.2, 0.25) is 0 Å². The zero-order valence-electron chi connectivity index (χ0n) is 10.2. The minimum absolute atomic E-state index is 0.0701. The molecule has 2 rings (SSSR count). The summed E-state index contributed by atoms with van der Waals surface area (Å²) in [6.45, 7) is 4.96. The molecule has 0 spiro atoms. The second-order valence-electron chi connectivity index (χ2n) is 5.31. The molecular formula is C12H14FIN2O2. The standard InChI is InChI=1S/C12H14FIN2O2/c1-12(2)5-7(12)6-15-10-3-8(13)9(14)4-11(10)16(17)18/h3-4,7,15H,5-6H2,1-2H3. The molecule has 1 saturated carbocycles. The fourth-order valence-corrected chi connectivity index (χ4v) is 2.44. The SMILES string of the molecule is CC1(C)CC1CNc1cc(F)c(I)cc1[N+](=O)[O-]. The van der Waals surface area contributed by atoms with E-state index in [1.165, 1.54) is 12.1 Å². The van der Waals surface area contributed by atoms with Crippen LogP contribution in [0.5, 0.6) is 0 Å². The normalized spacial score (nSPS) is 20.6. The second kappa shape index (κ2) is 4.64. The van der Waals surface area contributed by atoms with Crippen LogP contribution in [0.25, 0.3) is 0 Å². The molecular weight excluding hydrogens is 350 g/mol. The van der Waals surface area contributed by atoms with Crippen LogP contribution < -0.4 is 5.32 Å². The summed E-state index contributed by atoms with van der Waals surface area (Å²) in [5.74, 6) is 0.0678. The van der Waals surface area contributed by atoms with E-state index >= 15 is 0 Å². The van der Waals surface area contributed by atoms with Crippen LogP contribution in [-0.4, -0.2) is 11.5 Å². The number of hydrogen-bond donors (Lipinski definition) is 1. The number of nitrogens with one attached hydrogen (secondary N) is 1. The molecule has 1 aromatic carbocycles. The molecule has 0 bridgehead atoms. The molecule has 98 valence electrons. The highest BCUT2D eigenvalue weighted by Gasteiger charge is 2.45. The highest BCUT2D eigenvalue weighted by molar-refractivity contribution is 14.1. The molecule has 1 aliphatic rings. The molecule has 0 heterocycles. The van der Waals surface area contributed by atoms with E-state index in [4.69, 9.17) is 0 Å². The van der Waals surface area contributed by atoms with Gasteiger partial charge in [0.15, 0.2) is 0 Å². The fourth-order valence-electron chi connectivity index (χ4n) is 1.99. The van der Waals surface area contributed by atoms with E-state index in [9.17, 15) is 14.5 Å². The second-order valence-corrected chi connectivity index (χ2v) is 6.47. The molecule has 18 heavy (non-hydrogen) atoms.